The lowest BCUT2D eigenvalue weighted by Gasteiger charge is -2.09. The summed E-state index contributed by atoms with van der Waals surface area (Å²) >= 11 is 5.59. The first-order valence-corrected chi connectivity index (χ1v) is 6.02. The van der Waals surface area contributed by atoms with Gasteiger partial charge in [-0.05, 0) is 11.6 Å². The Kier molecular flexibility index (Phi) is 4.27. The molecule has 0 fully saturated rings. The number of aromatic nitrogens is 2. The van der Waals surface area contributed by atoms with Crippen molar-refractivity contribution in [2.45, 2.75) is 6.42 Å². The van der Waals surface area contributed by atoms with Crippen LogP contribution in [-0.2, 0) is 11.2 Å². The van der Waals surface area contributed by atoms with E-state index in [2.05, 4.69) is 15.3 Å². The van der Waals surface area contributed by atoms with Crippen molar-refractivity contribution in [2.24, 2.45) is 0 Å². The zero-order chi connectivity index (χ0) is 14.5. The molecule has 2 aromatic rings. The molecule has 102 valence electrons. The number of hydrogen-bond donors (Lipinski definition) is 2. The van der Waals surface area contributed by atoms with Crippen molar-refractivity contribution < 1.29 is 14.7 Å². The number of aliphatic carboxylic acids is 1. The van der Waals surface area contributed by atoms with Gasteiger partial charge in [0.15, 0.2) is 0 Å². The first kappa shape index (κ1) is 14.0. The molecule has 0 aliphatic heterocycles. The highest BCUT2D eigenvalue weighted by molar-refractivity contribution is 6.29. The summed E-state index contributed by atoms with van der Waals surface area (Å²) < 4.78 is 0. The van der Waals surface area contributed by atoms with Crippen LogP contribution in [0.3, 0.4) is 0 Å². The molecule has 1 aromatic heterocycles. The second-order valence-corrected chi connectivity index (χ2v) is 4.29. The van der Waals surface area contributed by atoms with Gasteiger partial charge in [-0.25, -0.2) is 9.97 Å². The standard InChI is InChI=1S/C13H10ClN3O3/c14-11-7-15-10(6-16-11)13(20)17-9-4-2-1-3-8(9)5-12(18)19/h1-4,6-7H,5H2,(H,17,20)(H,18,19). The highest BCUT2D eigenvalue weighted by atomic mass is 35.5. The van der Waals surface area contributed by atoms with Crippen LogP contribution in [-0.4, -0.2) is 27.0 Å². The summed E-state index contributed by atoms with van der Waals surface area (Å²) in [5.74, 6) is -1.45. The highest BCUT2D eigenvalue weighted by Gasteiger charge is 2.12. The fourth-order valence-corrected chi connectivity index (χ4v) is 1.67. The maximum Gasteiger partial charge on any atom is 0.307 e. The monoisotopic (exact) mass is 291 g/mol. The second-order valence-electron chi connectivity index (χ2n) is 3.91. The molecule has 0 unspecified atom stereocenters. The minimum Gasteiger partial charge on any atom is -0.481 e. The quantitative estimate of drug-likeness (QED) is 0.899. The molecular weight excluding hydrogens is 282 g/mol. The van der Waals surface area contributed by atoms with Gasteiger partial charge in [-0.3, -0.25) is 9.59 Å². The van der Waals surface area contributed by atoms with Gasteiger partial charge in [-0.1, -0.05) is 29.8 Å². The Bertz CT molecular complexity index is 644. The average molecular weight is 292 g/mol. The van der Waals surface area contributed by atoms with Crippen LogP contribution in [0.1, 0.15) is 16.1 Å². The van der Waals surface area contributed by atoms with E-state index in [0.29, 0.717) is 11.3 Å². The average Bonchev–Trinajstić information content (AvgIpc) is 2.41. The Morgan fingerprint density at radius 3 is 2.60 bits per heavy atom. The number of carboxylic acid groups (broad SMARTS) is 1. The summed E-state index contributed by atoms with van der Waals surface area (Å²) in [5.41, 5.74) is 1.03. The minimum absolute atomic E-state index is 0.0968. The van der Waals surface area contributed by atoms with E-state index in [1.54, 1.807) is 24.3 Å². The molecule has 1 aromatic carbocycles. The molecular formula is C13H10ClN3O3. The van der Waals surface area contributed by atoms with Crippen LogP contribution in [0.25, 0.3) is 0 Å². The Labute approximate surface area is 119 Å². The van der Waals surface area contributed by atoms with Gasteiger partial charge in [0.1, 0.15) is 10.8 Å². The molecule has 0 radical (unpaired) electrons. The van der Waals surface area contributed by atoms with Crippen molar-refractivity contribution in [1.29, 1.82) is 0 Å². The van der Waals surface area contributed by atoms with Crippen LogP contribution in [0.5, 0.6) is 0 Å². The molecule has 6 nitrogen and oxygen atoms in total. The van der Waals surface area contributed by atoms with Gasteiger partial charge in [0.2, 0.25) is 0 Å². The summed E-state index contributed by atoms with van der Waals surface area (Å²) in [5, 5.41) is 11.6. The number of para-hydroxylation sites is 1. The van der Waals surface area contributed by atoms with Crippen molar-refractivity contribution in [1.82, 2.24) is 9.97 Å². The third-order valence-electron chi connectivity index (χ3n) is 2.46. The largest absolute Gasteiger partial charge is 0.481 e. The number of anilines is 1. The molecule has 20 heavy (non-hydrogen) atoms. The molecule has 1 amide bonds. The lowest BCUT2D eigenvalue weighted by molar-refractivity contribution is -0.136. The van der Waals surface area contributed by atoms with Crippen LogP contribution in [0, 0.1) is 0 Å². The lowest BCUT2D eigenvalue weighted by Crippen LogP contribution is -2.16. The number of nitrogens with one attached hydrogen (secondary N) is 1. The number of nitrogens with zero attached hydrogens (tertiary/aromatic N) is 2. The van der Waals surface area contributed by atoms with Crippen LogP contribution in [0.2, 0.25) is 5.15 Å². The SMILES string of the molecule is O=C(O)Cc1ccccc1NC(=O)c1cnc(Cl)cn1. The third-order valence-corrected chi connectivity index (χ3v) is 2.66. The van der Waals surface area contributed by atoms with Gasteiger partial charge in [-0.2, -0.15) is 0 Å². The smallest absolute Gasteiger partial charge is 0.307 e. The van der Waals surface area contributed by atoms with E-state index in [1.165, 1.54) is 12.4 Å². The predicted octanol–water partition coefficient (Wildman–Crippen LogP) is 2.01. The van der Waals surface area contributed by atoms with Gasteiger partial charge in [-0.15, -0.1) is 0 Å². The van der Waals surface area contributed by atoms with Gasteiger partial charge < -0.3 is 10.4 Å². The van der Waals surface area contributed by atoms with Gasteiger partial charge in [0, 0.05) is 5.69 Å². The Hall–Kier alpha value is -2.47. The summed E-state index contributed by atoms with van der Waals surface area (Å²) in [7, 11) is 0. The fourth-order valence-electron chi connectivity index (χ4n) is 1.58. The van der Waals surface area contributed by atoms with Crippen LogP contribution >= 0.6 is 11.6 Å². The van der Waals surface area contributed by atoms with E-state index >= 15 is 0 Å². The maximum atomic E-state index is 12.0. The van der Waals surface area contributed by atoms with Crippen LogP contribution < -0.4 is 5.32 Å². The van der Waals surface area contributed by atoms with E-state index in [9.17, 15) is 9.59 Å². The molecule has 0 aliphatic carbocycles. The second kappa shape index (κ2) is 6.12. The number of rotatable bonds is 4. The molecule has 0 atom stereocenters. The number of carboxylic acids is 1. The van der Waals surface area contributed by atoms with Crippen molar-refractivity contribution >= 4 is 29.2 Å². The minimum atomic E-state index is -0.974. The van der Waals surface area contributed by atoms with Gasteiger partial charge in [0.05, 0.1) is 18.8 Å². The van der Waals surface area contributed by atoms with Crippen molar-refractivity contribution in [3.8, 4) is 0 Å². The topological polar surface area (TPSA) is 92.2 Å². The van der Waals surface area contributed by atoms with E-state index < -0.39 is 11.9 Å². The molecule has 1 heterocycles. The molecule has 2 N–H and O–H groups in total. The van der Waals surface area contributed by atoms with Gasteiger partial charge >= 0.3 is 5.97 Å². The van der Waals surface area contributed by atoms with Crippen molar-refractivity contribution in [2.75, 3.05) is 5.32 Å². The Morgan fingerprint density at radius 2 is 1.95 bits per heavy atom. The molecule has 0 aliphatic rings. The van der Waals surface area contributed by atoms with Gasteiger partial charge in [0.25, 0.3) is 5.91 Å². The van der Waals surface area contributed by atoms with E-state index in [1.807, 2.05) is 0 Å². The highest BCUT2D eigenvalue weighted by Crippen LogP contribution is 2.16. The number of carbonyl (C=O) groups is 2. The molecule has 0 saturated heterocycles. The maximum absolute atomic E-state index is 12.0. The first-order chi connectivity index (χ1) is 9.56. The molecule has 0 spiro atoms. The number of halogens is 1. The zero-order valence-corrected chi connectivity index (χ0v) is 11.0. The first-order valence-electron chi connectivity index (χ1n) is 5.65. The van der Waals surface area contributed by atoms with E-state index in [-0.39, 0.29) is 17.3 Å². The summed E-state index contributed by atoms with van der Waals surface area (Å²) in [4.78, 5) is 30.3. The van der Waals surface area contributed by atoms with Crippen molar-refractivity contribution in [3.63, 3.8) is 0 Å². The molecule has 7 heteroatoms. The molecule has 0 saturated carbocycles. The van der Waals surface area contributed by atoms with E-state index in [4.69, 9.17) is 16.7 Å². The predicted molar refractivity (Wildman–Crippen MR) is 72.8 cm³/mol. The molecule has 2 rings (SSSR count). The number of hydrogen-bond acceptors (Lipinski definition) is 4. The summed E-state index contributed by atoms with van der Waals surface area (Å²) in [6.45, 7) is 0. The number of carbonyl (C=O) groups excluding carboxylic acids is 1. The number of benzene rings is 1. The summed E-state index contributed by atoms with van der Waals surface area (Å²) in [6.07, 6.45) is 2.33. The Balaban J connectivity index is 2.19. The number of amides is 1. The molecule has 0 bridgehead atoms. The van der Waals surface area contributed by atoms with Crippen LogP contribution in [0.4, 0.5) is 5.69 Å². The normalized spacial score (nSPS) is 10.1. The lowest BCUT2D eigenvalue weighted by atomic mass is 10.1. The third kappa shape index (κ3) is 3.52. The zero-order valence-electron chi connectivity index (χ0n) is 10.2. The summed E-state index contributed by atoms with van der Waals surface area (Å²) in [6, 6.07) is 6.67. The Morgan fingerprint density at radius 1 is 1.20 bits per heavy atom. The fraction of sp³-hybridized carbons (Fsp3) is 0.0769. The van der Waals surface area contributed by atoms with Crippen LogP contribution in [0.15, 0.2) is 36.7 Å². The van der Waals surface area contributed by atoms with Crippen molar-refractivity contribution in [3.05, 3.63) is 53.1 Å². The van der Waals surface area contributed by atoms with E-state index in [0.717, 1.165) is 0 Å².